The lowest BCUT2D eigenvalue weighted by molar-refractivity contribution is -0.122. The minimum atomic E-state index is -0.373. The minimum Gasteiger partial charge on any atom is -0.394 e. The molecule has 2 N–H and O–H groups in total. The Labute approximate surface area is 105 Å². The van der Waals surface area contributed by atoms with E-state index >= 15 is 0 Å². The molecule has 0 spiro atoms. The normalized spacial score (nSPS) is 12.1. The Morgan fingerprint density at radius 3 is 2.78 bits per heavy atom. The predicted molar refractivity (Wildman–Crippen MR) is 66.6 cm³/mol. The smallest absolute Gasteiger partial charge is 0.240 e. The maximum atomic E-state index is 11.8. The third-order valence-electron chi connectivity index (χ3n) is 2.61. The molecular weight excluding hydrogens is 230 g/mol. The average Bonchev–Trinajstić information content (AvgIpc) is 2.90. The van der Waals surface area contributed by atoms with Crippen LogP contribution in [0, 0.1) is 0 Å². The maximum absolute atomic E-state index is 11.8. The van der Waals surface area contributed by atoms with Crippen LogP contribution >= 0.6 is 0 Å². The molecule has 2 rings (SSSR count). The average molecular weight is 245 g/mol. The summed E-state index contributed by atoms with van der Waals surface area (Å²) in [6.45, 7) is 0.0724. The second-order valence-corrected chi connectivity index (χ2v) is 3.95. The molecule has 0 unspecified atom stereocenters. The van der Waals surface area contributed by atoms with Crippen LogP contribution < -0.4 is 5.32 Å². The Morgan fingerprint density at radius 2 is 2.17 bits per heavy atom. The van der Waals surface area contributed by atoms with E-state index in [4.69, 9.17) is 0 Å². The lowest BCUT2D eigenvalue weighted by Gasteiger charge is -2.16. The maximum Gasteiger partial charge on any atom is 0.240 e. The summed E-state index contributed by atoms with van der Waals surface area (Å²) >= 11 is 0. The molecule has 0 aliphatic rings. The SMILES string of the molecule is O=C(Cn1ccnc1)N[C@@H](CO)c1ccccc1. The zero-order chi connectivity index (χ0) is 12.8. The highest BCUT2D eigenvalue weighted by Gasteiger charge is 2.13. The van der Waals surface area contributed by atoms with Crippen LogP contribution in [0.5, 0.6) is 0 Å². The number of carbonyl (C=O) groups is 1. The number of nitrogens with one attached hydrogen (secondary N) is 1. The summed E-state index contributed by atoms with van der Waals surface area (Å²) in [5, 5.41) is 12.1. The number of nitrogens with zero attached hydrogens (tertiary/aromatic N) is 2. The van der Waals surface area contributed by atoms with Crippen molar-refractivity contribution in [2.75, 3.05) is 6.61 Å². The number of amides is 1. The third kappa shape index (κ3) is 3.18. The molecule has 1 aromatic carbocycles. The van der Waals surface area contributed by atoms with Gasteiger partial charge in [-0.25, -0.2) is 4.98 Å². The number of carbonyl (C=O) groups excluding carboxylic acids is 1. The van der Waals surface area contributed by atoms with Crippen LogP contribution in [-0.2, 0) is 11.3 Å². The number of aliphatic hydroxyl groups is 1. The van der Waals surface area contributed by atoms with Gasteiger partial charge in [0.25, 0.3) is 0 Å². The van der Waals surface area contributed by atoms with E-state index in [2.05, 4.69) is 10.3 Å². The van der Waals surface area contributed by atoms with Gasteiger partial charge in [0.05, 0.1) is 19.0 Å². The highest BCUT2D eigenvalue weighted by atomic mass is 16.3. The van der Waals surface area contributed by atoms with E-state index in [1.807, 2.05) is 30.3 Å². The van der Waals surface area contributed by atoms with Crippen LogP contribution in [0.25, 0.3) is 0 Å². The molecule has 0 saturated heterocycles. The highest BCUT2D eigenvalue weighted by Crippen LogP contribution is 2.11. The molecule has 5 heteroatoms. The van der Waals surface area contributed by atoms with Crippen molar-refractivity contribution in [3.63, 3.8) is 0 Å². The zero-order valence-electron chi connectivity index (χ0n) is 9.86. The van der Waals surface area contributed by atoms with E-state index in [1.165, 1.54) is 0 Å². The van der Waals surface area contributed by atoms with Crippen molar-refractivity contribution in [2.24, 2.45) is 0 Å². The van der Waals surface area contributed by atoms with Gasteiger partial charge in [0.2, 0.25) is 5.91 Å². The molecule has 0 bridgehead atoms. The first-order chi connectivity index (χ1) is 8.79. The predicted octanol–water partition coefficient (Wildman–Crippen LogP) is 0.733. The van der Waals surface area contributed by atoms with Crippen LogP contribution in [0.2, 0.25) is 0 Å². The fourth-order valence-electron chi connectivity index (χ4n) is 1.71. The van der Waals surface area contributed by atoms with E-state index in [-0.39, 0.29) is 25.1 Å². The van der Waals surface area contributed by atoms with E-state index in [0.717, 1.165) is 5.56 Å². The van der Waals surface area contributed by atoms with Gasteiger partial charge in [-0.3, -0.25) is 4.79 Å². The standard InChI is InChI=1S/C13H15N3O2/c17-9-12(11-4-2-1-3-5-11)15-13(18)8-16-7-6-14-10-16/h1-7,10,12,17H,8-9H2,(H,15,18)/t12-/m0/s1. The van der Waals surface area contributed by atoms with Crippen molar-refractivity contribution < 1.29 is 9.90 Å². The number of aromatic nitrogens is 2. The first-order valence-electron chi connectivity index (χ1n) is 5.70. The van der Waals surface area contributed by atoms with Crippen molar-refractivity contribution >= 4 is 5.91 Å². The van der Waals surface area contributed by atoms with Crippen LogP contribution in [0.4, 0.5) is 0 Å². The Morgan fingerprint density at radius 1 is 1.39 bits per heavy atom. The van der Waals surface area contributed by atoms with Gasteiger partial charge in [-0.2, -0.15) is 0 Å². The van der Waals surface area contributed by atoms with Crippen molar-refractivity contribution in [3.05, 3.63) is 54.6 Å². The summed E-state index contributed by atoms with van der Waals surface area (Å²) in [4.78, 5) is 15.6. The fourth-order valence-corrected chi connectivity index (χ4v) is 1.71. The Bertz CT molecular complexity index is 482. The summed E-state index contributed by atoms with van der Waals surface area (Å²) in [5.41, 5.74) is 0.888. The van der Waals surface area contributed by atoms with Crippen molar-refractivity contribution in [1.82, 2.24) is 14.9 Å². The summed E-state index contributed by atoms with van der Waals surface area (Å²) in [5.74, 6) is -0.157. The van der Waals surface area contributed by atoms with Gasteiger partial charge in [-0.1, -0.05) is 30.3 Å². The summed E-state index contributed by atoms with van der Waals surface area (Å²) in [6.07, 6.45) is 4.92. The quantitative estimate of drug-likeness (QED) is 0.816. The Balaban J connectivity index is 1.96. The minimum absolute atomic E-state index is 0.125. The summed E-state index contributed by atoms with van der Waals surface area (Å²) < 4.78 is 1.68. The van der Waals surface area contributed by atoms with Crippen molar-refractivity contribution in [3.8, 4) is 0 Å². The van der Waals surface area contributed by atoms with E-state index < -0.39 is 0 Å². The lowest BCUT2D eigenvalue weighted by Crippen LogP contribution is -2.33. The van der Waals surface area contributed by atoms with E-state index in [0.29, 0.717) is 0 Å². The van der Waals surface area contributed by atoms with Crippen molar-refractivity contribution in [2.45, 2.75) is 12.6 Å². The highest BCUT2D eigenvalue weighted by molar-refractivity contribution is 5.76. The number of imidazole rings is 1. The number of hydrogen-bond donors (Lipinski definition) is 2. The van der Waals surface area contributed by atoms with Gasteiger partial charge in [0, 0.05) is 12.4 Å². The lowest BCUT2D eigenvalue weighted by atomic mass is 10.1. The first kappa shape index (κ1) is 12.3. The first-order valence-corrected chi connectivity index (χ1v) is 5.70. The molecule has 0 fully saturated rings. The van der Waals surface area contributed by atoms with Crippen molar-refractivity contribution in [1.29, 1.82) is 0 Å². The van der Waals surface area contributed by atoms with Gasteiger partial charge < -0.3 is 15.0 Å². The summed E-state index contributed by atoms with van der Waals surface area (Å²) in [6, 6.07) is 9.02. The molecule has 94 valence electrons. The molecule has 1 amide bonds. The molecule has 0 radical (unpaired) electrons. The molecule has 1 aromatic heterocycles. The van der Waals surface area contributed by atoms with Crippen LogP contribution in [0.3, 0.4) is 0 Å². The Hall–Kier alpha value is -2.14. The molecule has 18 heavy (non-hydrogen) atoms. The van der Waals surface area contributed by atoms with Gasteiger partial charge in [0.15, 0.2) is 0 Å². The second-order valence-electron chi connectivity index (χ2n) is 3.95. The number of benzene rings is 1. The monoisotopic (exact) mass is 245 g/mol. The molecule has 1 heterocycles. The van der Waals surface area contributed by atoms with Crippen LogP contribution in [-0.4, -0.2) is 27.2 Å². The van der Waals surface area contributed by atoms with E-state index in [1.54, 1.807) is 23.3 Å². The molecule has 0 saturated carbocycles. The second kappa shape index (κ2) is 5.97. The van der Waals surface area contributed by atoms with Crippen LogP contribution in [0.15, 0.2) is 49.1 Å². The number of aliphatic hydroxyl groups excluding tert-OH is 1. The molecule has 0 aliphatic carbocycles. The number of rotatable bonds is 5. The molecule has 5 nitrogen and oxygen atoms in total. The fraction of sp³-hybridized carbons (Fsp3) is 0.231. The topological polar surface area (TPSA) is 67.2 Å². The molecule has 0 aliphatic heterocycles. The van der Waals surface area contributed by atoms with Gasteiger partial charge >= 0.3 is 0 Å². The molecular formula is C13H15N3O2. The third-order valence-corrected chi connectivity index (χ3v) is 2.61. The van der Waals surface area contributed by atoms with Crippen LogP contribution in [0.1, 0.15) is 11.6 Å². The number of hydrogen-bond acceptors (Lipinski definition) is 3. The van der Waals surface area contributed by atoms with E-state index in [9.17, 15) is 9.90 Å². The van der Waals surface area contributed by atoms with Gasteiger partial charge in [0.1, 0.15) is 6.54 Å². The van der Waals surface area contributed by atoms with Gasteiger partial charge in [-0.15, -0.1) is 0 Å². The molecule has 1 atom stereocenters. The van der Waals surface area contributed by atoms with Gasteiger partial charge in [-0.05, 0) is 5.56 Å². The largest absolute Gasteiger partial charge is 0.394 e. The Kier molecular flexibility index (Phi) is 4.09. The summed E-state index contributed by atoms with van der Waals surface area (Å²) in [7, 11) is 0. The zero-order valence-corrected chi connectivity index (χ0v) is 9.86. The molecule has 2 aromatic rings.